The lowest BCUT2D eigenvalue weighted by Gasteiger charge is -2.32. The number of rotatable bonds is 5. The van der Waals surface area contributed by atoms with E-state index in [9.17, 15) is 17.2 Å². The average Bonchev–Trinajstić information content (AvgIpc) is 2.64. The van der Waals surface area contributed by atoms with E-state index >= 15 is 0 Å². The summed E-state index contributed by atoms with van der Waals surface area (Å²) in [4.78, 5) is 4.09. The summed E-state index contributed by atoms with van der Waals surface area (Å²) in [5.41, 5.74) is 0.728. The van der Waals surface area contributed by atoms with Crippen LogP contribution >= 0.6 is 0 Å². The number of hydrogen-bond acceptors (Lipinski definition) is 3. The summed E-state index contributed by atoms with van der Waals surface area (Å²) < 4.78 is 53.1. The smallest absolute Gasteiger partial charge is 0.244 e. The highest BCUT2D eigenvalue weighted by Crippen LogP contribution is 2.26. The van der Waals surface area contributed by atoms with Crippen molar-refractivity contribution in [2.45, 2.75) is 30.6 Å². The molecule has 3 rings (SSSR count). The van der Waals surface area contributed by atoms with Crippen LogP contribution in [-0.2, 0) is 16.4 Å². The molecule has 0 saturated carbocycles. The van der Waals surface area contributed by atoms with Crippen LogP contribution in [0.4, 0.5) is 8.78 Å². The van der Waals surface area contributed by atoms with Gasteiger partial charge in [0, 0.05) is 25.5 Å². The molecule has 1 aromatic heterocycles. The second-order valence-corrected chi connectivity index (χ2v) is 8.29. The van der Waals surface area contributed by atoms with Crippen molar-refractivity contribution in [3.8, 4) is 0 Å². The number of halogens is 2. The van der Waals surface area contributed by atoms with Gasteiger partial charge in [0.1, 0.15) is 4.90 Å². The second-order valence-electron chi connectivity index (χ2n) is 6.35. The van der Waals surface area contributed by atoms with Crippen molar-refractivity contribution < 1.29 is 17.2 Å². The Morgan fingerprint density at radius 1 is 1.20 bits per heavy atom. The van der Waals surface area contributed by atoms with Gasteiger partial charge in [0.05, 0.1) is 0 Å². The summed E-state index contributed by atoms with van der Waals surface area (Å²) in [7, 11) is -3.53. The Kier molecular flexibility index (Phi) is 5.44. The minimum atomic E-state index is -3.53. The largest absolute Gasteiger partial charge is 0.263 e. The van der Waals surface area contributed by atoms with Crippen LogP contribution in [0.2, 0.25) is 0 Å². The van der Waals surface area contributed by atoms with Gasteiger partial charge < -0.3 is 0 Å². The van der Waals surface area contributed by atoms with E-state index in [1.807, 2.05) is 0 Å². The van der Waals surface area contributed by atoms with E-state index in [-0.39, 0.29) is 10.8 Å². The zero-order valence-electron chi connectivity index (χ0n) is 13.7. The number of piperidine rings is 1. The molecule has 1 aliphatic heterocycles. The van der Waals surface area contributed by atoms with Gasteiger partial charge in [0.15, 0.2) is 11.6 Å². The van der Waals surface area contributed by atoms with E-state index in [4.69, 9.17) is 0 Å². The molecule has 1 atom stereocenters. The van der Waals surface area contributed by atoms with Gasteiger partial charge >= 0.3 is 0 Å². The summed E-state index contributed by atoms with van der Waals surface area (Å²) in [6, 6.07) is 7.07. The predicted octanol–water partition coefficient (Wildman–Crippen LogP) is 3.39. The molecule has 1 aromatic carbocycles. The van der Waals surface area contributed by atoms with Gasteiger partial charge in [0.25, 0.3) is 0 Å². The summed E-state index contributed by atoms with van der Waals surface area (Å²) in [5, 5.41) is 0. The van der Waals surface area contributed by atoms with Crippen LogP contribution in [0.1, 0.15) is 24.8 Å². The zero-order chi connectivity index (χ0) is 17.9. The van der Waals surface area contributed by atoms with E-state index < -0.39 is 21.7 Å². The molecule has 4 nitrogen and oxygen atoms in total. The van der Waals surface area contributed by atoms with Crippen LogP contribution in [0.3, 0.4) is 0 Å². The van der Waals surface area contributed by atoms with Crippen molar-refractivity contribution in [3.05, 3.63) is 59.9 Å². The van der Waals surface area contributed by atoms with Gasteiger partial charge in [-0.2, -0.15) is 4.31 Å². The first kappa shape index (κ1) is 17.9. The minimum absolute atomic E-state index is 0.202. The quantitative estimate of drug-likeness (QED) is 0.815. The Balaban J connectivity index is 1.64. The van der Waals surface area contributed by atoms with Gasteiger partial charge in [-0.3, -0.25) is 4.98 Å². The first-order chi connectivity index (χ1) is 12.0. The molecular formula is C18H20F2N2O2S. The molecule has 2 heterocycles. The monoisotopic (exact) mass is 366 g/mol. The lowest BCUT2D eigenvalue weighted by atomic mass is 9.93. The van der Waals surface area contributed by atoms with Crippen molar-refractivity contribution >= 4 is 10.0 Å². The van der Waals surface area contributed by atoms with Gasteiger partial charge in [-0.05, 0) is 61.4 Å². The van der Waals surface area contributed by atoms with Gasteiger partial charge in [-0.25, -0.2) is 17.2 Å². The third-order valence-corrected chi connectivity index (χ3v) is 6.43. The minimum Gasteiger partial charge on any atom is -0.263 e. The number of hydrogen-bond donors (Lipinski definition) is 0. The molecule has 7 heteroatoms. The standard InChI is InChI=1S/C18H20F2N2O2S/c19-17-8-7-14(11-18(17)20)5-6-15-3-2-10-22(13-15)25(23,24)16-4-1-9-21-12-16/h1,4,7-9,11-12,15H,2-3,5-6,10,13H2. The van der Waals surface area contributed by atoms with Crippen molar-refractivity contribution in [1.82, 2.24) is 9.29 Å². The highest BCUT2D eigenvalue weighted by molar-refractivity contribution is 7.89. The Bertz CT molecular complexity index is 828. The molecule has 0 radical (unpaired) electrons. The third-order valence-electron chi connectivity index (χ3n) is 4.58. The topological polar surface area (TPSA) is 50.3 Å². The first-order valence-electron chi connectivity index (χ1n) is 8.31. The van der Waals surface area contributed by atoms with E-state index in [1.54, 1.807) is 24.4 Å². The summed E-state index contributed by atoms with van der Waals surface area (Å²) in [6.45, 7) is 0.944. The number of sulfonamides is 1. The van der Waals surface area contributed by atoms with E-state index in [1.165, 1.54) is 16.6 Å². The molecule has 0 bridgehead atoms. The Hall–Kier alpha value is -1.86. The fourth-order valence-corrected chi connectivity index (χ4v) is 4.71. The number of pyridine rings is 1. The Labute approximate surface area is 146 Å². The molecule has 1 aliphatic rings. The van der Waals surface area contributed by atoms with Crippen molar-refractivity contribution in [2.75, 3.05) is 13.1 Å². The summed E-state index contributed by atoms with van der Waals surface area (Å²) in [6.07, 6.45) is 5.97. The molecule has 0 aliphatic carbocycles. The molecule has 134 valence electrons. The third kappa shape index (κ3) is 4.22. The normalized spacial score (nSPS) is 19.0. The average molecular weight is 366 g/mol. The van der Waals surface area contributed by atoms with Crippen molar-refractivity contribution in [1.29, 1.82) is 0 Å². The maximum Gasteiger partial charge on any atom is 0.244 e. The number of aryl methyl sites for hydroxylation is 1. The molecule has 1 saturated heterocycles. The number of aromatic nitrogens is 1. The van der Waals surface area contributed by atoms with Crippen LogP contribution in [0.15, 0.2) is 47.6 Å². The highest BCUT2D eigenvalue weighted by Gasteiger charge is 2.30. The maximum absolute atomic E-state index is 13.3. The maximum atomic E-state index is 13.3. The predicted molar refractivity (Wildman–Crippen MR) is 90.4 cm³/mol. The SMILES string of the molecule is O=S(=O)(c1cccnc1)N1CCCC(CCc2ccc(F)c(F)c2)C1. The number of nitrogens with zero attached hydrogens (tertiary/aromatic N) is 2. The molecule has 25 heavy (non-hydrogen) atoms. The van der Waals surface area contributed by atoms with Crippen LogP contribution < -0.4 is 0 Å². The molecule has 0 amide bonds. The van der Waals surface area contributed by atoms with Crippen LogP contribution in [0.5, 0.6) is 0 Å². The van der Waals surface area contributed by atoms with Crippen LogP contribution in [0, 0.1) is 17.6 Å². The molecular weight excluding hydrogens is 346 g/mol. The molecule has 1 unspecified atom stereocenters. The van der Waals surface area contributed by atoms with Crippen LogP contribution in [-0.4, -0.2) is 30.8 Å². The van der Waals surface area contributed by atoms with Gasteiger partial charge in [-0.1, -0.05) is 6.07 Å². The molecule has 1 fully saturated rings. The van der Waals surface area contributed by atoms with E-state index in [0.29, 0.717) is 19.5 Å². The molecule has 0 spiro atoms. The molecule has 2 aromatic rings. The summed E-state index contributed by atoms with van der Waals surface area (Å²) >= 11 is 0. The second kappa shape index (κ2) is 7.58. The highest BCUT2D eigenvalue weighted by atomic mass is 32.2. The first-order valence-corrected chi connectivity index (χ1v) is 9.75. The van der Waals surface area contributed by atoms with Crippen molar-refractivity contribution in [2.24, 2.45) is 5.92 Å². The lowest BCUT2D eigenvalue weighted by Crippen LogP contribution is -2.40. The fraction of sp³-hybridized carbons (Fsp3) is 0.389. The lowest BCUT2D eigenvalue weighted by molar-refractivity contribution is 0.256. The van der Waals surface area contributed by atoms with E-state index in [2.05, 4.69) is 4.98 Å². The van der Waals surface area contributed by atoms with Crippen molar-refractivity contribution in [3.63, 3.8) is 0 Å². The van der Waals surface area contributed by atoms with E-state index in [0.717, 1.165) is 30.9 Å². The van der Waals surface area contributed by atoms with Gasteiger partial charge in [0.2, 0.25) is 10.0 Å². The Morgan fingerprint density at radius 2 is 2.04 bits per heavy atom. The zero-order valence-corrected chi connectivity index (χ0v) is 14.6. The van der Waals surface area contributed by atoms with Crippen LogP contribution in [0.25, 0.3) is 0 Å². The number of benzene rings is 1. The Morgan fingerprint density at radius 3 is 2.76 bits per heavy atom. The fourth-order valence-electron chi connectivity index (χ4n) is 3.20. The molecule has 0 N–H and O–H groups in total. The van der Waals surface area contributed by atoms with Gasteiger partial charge in [-0.15, -0.1) is 0 Å². The summed E-state index contributed by atoms with van der Waals surface area (Å²) in [5.74, 6) is -1.50.